The highest BCUT2D eigenvalue weighted by atomic mass is 16.1. The molecule has 0 aliphatic rings. The molecule has 0 fully saturated rings. The minimum atomic E-state index is -0.107. The predicted octanol–water partition coefficient (Wildman–Crippen LogP) is 3.43. The molecule has 0 rings (SSSR count). The minimum absolute atomic E-state index is 0.107. The second-order valence-electron chi connectivity index (χ2n) is 4.31. The lowest BCUT2D eigenvalue weighted by molar-refractivity contribution is -0.131. The van der Waals surface area contributed by atoms with Crippen molar-refractivity contribution in [1.82, 2.24) is 0 Å². The van der Waals surface area contributed by atoms with Crippen molar-refractivity contribution < 1.29 is 4.79 Å². The van der Waals surface area contributed by atoms with Gasteiger partial charge in [-0.05, 0) is 12.8 Å². The molecule has 1 heteroatoms. The topological polar surface area (TPSA) is 17.1 Å². The van der Waals surface area contributed by atoms with Gasteiger partial charge >= 0.3 is 0 Å². The number of ketones is 1. The van der Waals surface area contributed by atoms with Crippen LogP contribution in [0, 0.1) is 11.3 Å². The van der Waals surface area contributed by atoms with Gasteiger partial charge in [0.05, 0.1) is 0 Å². The van der Waals surface area contributed by atoms with E-state index in [-0.39, 0.29) is 11.3 Å². The minimum Gasteiger partial charge on any atom is -0.299 e. The third kappa shape index (κ3) is 2.96. The van der Waals surface area contributed by atoms with Crippen LogP contribution in [0.25, 0.3) is 0 Å². The van der Waals surface area contributed by atoms with Crippen LogP contribution < -0.4 is 0 Å². The second-order valence-corrected chi connectivity index (χ2v) is 4.31. The first-order valence-electron chi connectivity index (χ1n) is 5.00. The van der Waals surface area contributed by atoms with Gasteiger partial charge in [-0.3, -0.25) is 4.79 Å². The summed E-state index contributed by atoms with van der Waals surface area (Å²) in [4.78, 5) is 11.8. The van der Waals surface area contributed by atoms with Crippen molar-refractivity contribution in [3.05, 3.63) is 0 Å². The Morgan fingerprint density at radius 3 is 2.17 bits per heavy atom. The number of hydrogen-bond donors (Lipinski definition) is 0. The molecule has 1 atom stereocenters. The van der Waals surface area contributed by atoms with Crippen LogP contribution in [-0.2, 0) is 4.79 Å². The fourth-order valence-corrected chi connectivity index (χ4v) is 1.60. The molecular formula is C11H22O. The number of rotatable bonds is 5. The first-order chi connectivity index (χ1) is 5.45. The first-order valence-corrected chi connectivity index (χ1v) is 5.00. The molecule has 1 nitrogen and oxygen atoms in total. The third-order valence-electron chi connectivity index (χ3n) is 2.60. The molecule has 0 bridgehead atoms. The summed E-state index contributed by atoms with van der Waals surface area (Å²) < 4.78 is 0. The average Bonchev–Trinajstić information content (AvgIpc) is 2.01. The fraction of sp³-hybridized carbons (Fsp3) is 0.909. The van der Waals surface area contributed by atoms with Gasteiger partial charge in [-0.1, -0.05) is 41.0 Å². The number of hydrogen-bond acceptors (Lipinski definition) is 1. The molecule has 0 spiro atoms. The van der Waals surface area contributed by atoms with Gasteiger partial charge in [-0.25, -0.2) is 0 Å². The zero-order chi connectivity index (χ0) is 9.78. The zero-order valence-electron chi connectivity index (χ0n) is 9.11. The molecule has 0 N–H and O–H groups in total. The molecule has 0 aliphatic carbocycles. The molecule has 0 amide bonds. The SMILES string of the molecule is CCCC(C)(C)C(=O)C(C)CC. The molecule has 0 aliphatic heterocycles. The lowest BCUT2D eigenvalue weighted by Gasteiger charge is -2.25. The van der Waals surface area contributed by atoms with E-state index >= 15 is 0 Å². The lowest BCUT2D eigenvalue weighted by Crippen LogP contribution is -2.29. The van der Waals surface area contributed by atoms with Crippen LogP contribution in [0.4, 0.5) is 0 Å². The lowest BCUT2D eigenvalue weighted by atomic mass is 9.78. The maximum absolute atomic E-state index is 11.8. The van der Waals surface area contributed by atoms with Crippen molar-refractivity contribution in [1.29, 1.82) is 0 Å². The summed E-state index contributed by atoms with van der Waals surface area (Å²) in [6, 6.07) is 0. The van der Waals surface area contributed by atoms with Crippen LogP contribution in [0.1, 0.15) is 53.9 Å². The molecule has 0 heterocycles. The van der Waals surface area contributed by atoms with Gasteiger partial charge in [-0.2, -0.15) is 0 Å². The van der Waals surface area contributed by atoms with Crippen LogP contribution in [0.3, 0.4) is 0 Å². The maximum atomic E-state index is 11.8. The van der Waals surface area contributed by atoms with Crippen LogP contribution in [-0.4, -0.2) is 5.78 Å². The smallest absolute Gasteiger partial charge is 0.141 e. The van der Waals surface area contributed by atoms with Crippen LogP contribution in [0.15, 0.2) is 0 Å². The highest BCUT2D eigenvalue weighted by Gasteiger charge is 2.29. The predicted molar refractivity (Wildman–Crippen MR) is 53.2 cm³/mol. The molecule has 0 saturated carbocycles. The fourth-order valence-electron chi connectivity index (χ4n) is 1.60. The Labute approximate surface area is 76.6 Å². The Morgan fingerprint density at radius 2 is 1.83 bits per heavy atom. The molecule has 12 heavy (non-hydrogen) atoms. The molecule has 1 unspecified atom stereocenters. The van der Waals surface area contributed by atoms with Crippen LogP contribution >= 0.6 is 0 Å². The van der Waals surface area contributed by atoms with Gasteiger partial charge in [0.15, 0.2) is 0 Å². The van der Waals surface area contributed by atoms with Crippen molar-refractivity contribution in [3.63, 3.8) is 0 Å². The Bertz CT molecular complexity index is 147. The van der Waals surface area contributed by atoms with Crippen molar-refractivity contribution in [3.8, 4) is 0 Å². The standard InChI is InChI=1S/C11H22O/c1-6-8-11(4,5)10(12)9(3)7-2/h9H,6-8H2,1-5H3. The molecule has 0 aromatic heterocycles. The van der Waals surface area contributed by atoms with Crippen molar-refractivity contribution >= 4 is 5.78 Å². The van der Waals surface area contributed by atoms with Crippen molar-refractivity contribution in [2.24, 2.45) is 11.3 Å². The summed E-state index contributed by atoms with van der Waals surface area (Å²) in [5.41, 5.74) is -0.107. The van der Waals surface area contributed by atoms with E-state index in [9.17, 15) is 4.79 Å². The van der Waals surface area contributed by atoms with E-state index in [1.165, 1.54) is 0 Å². The van der Waals surface area contributed by atoms with E-state index in [2.05, 4.69) is 27.7 Å². The number of Topliss-reactive ketones (excluding diaryl/α,β-unsaturated/α-hetero) is 1. The monoisotopic (exact) mass is 170 g/mol. The second kappa shape index (κ2) is 4.64. The summed E-state index contributed by atoms with van der Waals surface area (Å²) >= 11 is 0. The molecule has 72 valence electrons. The molecular weight excluding hydrogens is 148 g/mol. The van der Waals surface area contributed by atoms with E-state index in [1.807, 2.05) is 6.92 Å². The molecule has 0 saturated heterocycles. The summed E-state index contributed by atoms with van der Waals surface area (Å²) in [7, 11) is 0. The van der Waals surface area contributed by atoms with E-state index in [1.54, 1.807) is 0 Å². The van der Waals surface area contributed by atoms with Gasteiger partial charge < -0.3 is 0 Å². The van der Waals surface area contributed by atoms with Crippen LogP contribution in [0.2, 0.25) is 0 Å². The Hall–Kier alpha value is -0.330. The third-order valence-corrected chi connectivity index (χ3v) is 2.60. The van der Waals surface area contributed by atoms with Gasteiger partial charge in [0, 0.05) is 11.3 Å². The number of carbonyl (C=O) groups is 1. The Balaban J connectivity index is 4.24. The summed E-state index contributed by atoms with van der Waals surface area (Å²) in [5, 5.41) is 0. The highest BCUT2D eigenvalue weighted by Crippen LogP contribution is 2.27. The molecule has 0 radical (unpaired) electrons. The van der Waals surface area contributed by atoms with Gasteiger partial charge in [0.2, 0.25) is 0 Å². The van der Waals surface area contributed by atoms with Gasteiger partial charge in [0.1, 0.15) is 5.78 Å². The normalized spacial score (nSPS) is 14.4. The Kier molecular flexibility index (Phi) is 4.51. The van der Waals surface area contributed by atoms with Crippen LogP contribution in [0.5, 0.6) is 0 Å². The van der Waals surface area contributed by atoms with E-state index in [0.717, 1.165) is 19.3 Å². The molecule has 0 aromatic rings. The van der Waals surface area contributed by atoms with E-state index in [4.69, 9.17) is 0 Å². The maximum Gasteiger partial charge on any atom is 0.141 e. The molecule has 0 aromatic carbocycles. The first kappa shape index (κ1) is 11.7. The Morgan fingerprint density at radius 1 is 1.33 bits per heavy atom. The summed E-state index contributed by atoms with van der Waals surface area (Å²) in [5.74, 6) is 0.651. The highest BCUT2D eigenvalue weighted by molar-refractivity contribution is 5.85. The quantitative estimate of drug-likeness (QED) is 0.618. The number of carbonyl (C=O) groups excluding carboxylic acids is 1. The van der Waals surface area contributed by atoms with Gasteiger partial charge in [0.25, 0.3) is 0 Å². The van der Waals surface area contributed by atoms with E-state index in [0.29, 0.717) is 5.78 Å². The van der Waals surface area contributed by atoms with Crippen molar-refractivity contribution in [2.45, 2.75) is 53.9 Å². The largest absolute Gasteiger partial charge is 0.299 e. The average molecular weight is 170 g/mol. The van der Waals surface area contributed by atoms with E-state index < -0.39 is 0 Å². The summed E-state index contributed by atoms with van der Waals surface area (Å²) in [6.07, 6.45) is 3.07. The van der Waals surface area contributed by atoms with Crippen molar-refractivity contribution in [2.75, 3.05) is 0 Å². The van der Waals surface area contributed by atoms with Gasteiger partial charge in [-0.15, -0.1) is 0 Å². The zero-order valence-corrected chi connectivity index (χ0v) is 9.11. The summed E-state index contributed by atoms with van der Waals surface area (Å²) in [6.45, 7) is 10.4.